The summed E-state index contributed by atoms with van der Waals surface area (Å²) in [5.74, 6) is 1.20. The molecule has 3 amide bonds. The number of carbonyl (C=O) groups is 2. The van der Waals surface area contributed by atoms with E-state index in [1.54, 1.807) is 19.2 Å². The number of amides is 3. The van der Waals surface area contributed by atoms with Crippen LogP contribution in [0, 0.1) is 5.92 Å². The molecular weight excluding hydrogens is 548 g/mol. The minimum Gasteiger partial charge on any atom is -0.504 e. The Morgan fingerprint density at radius 2 is 1.67 bits per heavy atom. The topological polar surface area (TPSA) is 95.0 Å². The number of hydrogen-bond acceptors (Lipinski definition) is 8. The van der Waals surface area contributed by atoms with E-state index < -0.39 is 5.54 Å². The minimum atomic E-state index is -0.928. The summed E-state index contributed by atoms with van der Waals surface area (Å²) in [6.45, 7) is 5.65. The monoisotopic (exact) mass is 586 g/mol. The van der Waals surface area contributed by atoms with Crippen molar-refractivity contribution in [1.82, 2.24) is 19.6 Å². The molecule has 226 valence electrons. The Hall–Kier alpha value is -3.86. The predicted octanol–water partition coefficient (Wildman–Crippen LogP) is 3.47. The highest BCUT2D eigenvalue weighted by Gasteiger charge is 2.70. The Labute approximate surface area is 251 Å². The standard InChI is InChI=1S/C33H38N4O6/c1-41-29-10-8-25(24-5-3-4-6-26(24)29)27-18-23-20-35(19-22-7-9-30(42-2)28(38)17-22)21-33(23)31(39)36(32(40)37(27)33)12-11-34-13-15-43-16-14-34/h3-10,17,23,27,38H,11-16,18-21H2,1-2H3. The van der Waals surface area contributed by atoms with Crippen molar-refractivity contribution < 1.29 is 28.9 Å². The summed E-state index contributed by atoms with van der Waals surface area (Å²) in [5, 5.41) is 12.4. The van der Waals surface area contributed by atoms with E-state index >= 15 is 0 Å². The molecular formula is C33H38N4O6. The number of aromatic hydroxyl groups is 1. The van der Waals surface area contributed by atoms with E-state index in [9.17, 15) is 14.7 Å². The van der Waals surface area contributed by atoms with Crippen molar-refractivity contribution in [1.29, 1.82) is 0 Å². The quantitative estimate of drug-likeness (QED) is 0.401. The van der Waals surface area contributed by atoms with Gasteiger partial charge in [0.25, 0.3) is 5.91 Å². The Bertz CT molecular complexity index is 1560. The zero-order valence-electron chi connectivity index (χ0n) is 24.7. The summed E-state index contributed by atoms with van der Waals surface area (Å²) < 4.78 is 16.4. The average Bonchev–Trinajstić information content (AvgIpc) is 3.60. The van der Waals surface area contributed by atoms with Gasteiger partial charge in [-0.05, 0) is 41.1 Å². The van der Waals surface area contributed by atoms with Crippen LogP contribution in [0.5, 0.6) is 17.2 Å². The number of nitrogens with zero attached hydrogens (tertiary/aromatic N) is 4. The highest BCUT2D eigenvalue weighted by molar-refractivity contribution is 6.09. The molecule has 0 aliphatic carbocycles. The van der Waals surface area contributed by atoms with Gasteiger partial charge in [-0.2, -0.15) is 0 Å². The second-order valence-corrected chi connectivity index (χ2v) is 12.0. The first-order chi connectivity index (χ1) is 20.9. The molecule has 4 heterocycles. The molecule has 1 N–H and O–H groups in total. The molecule has 7 rings (SSSR count). The zero-order valence-corrected chi connectivity index (χ0v) is 24.7. The molecule has 4 fully saturated rings. The van der Waals surface area contributed by atoms with Gasteiger partial charge < -0.3 is 24.2 Å². The van der Waals surface area contributed by atoms with Crippen molar-refractivity contribution in [2.75, 3.05) is 66.7 Å². The molecule has 0 radical (unpaired) electrons. The number of morpholine rings is 1. The molecule has 4 aliphatic heterocycles. The van der Waals surface area contributed by atoms with Crippen LogP contribution in [-0.2, 0) is 16.1 Å². The van der Waals surface area contributed by atoms with Gasteiger partial charge in [-0.3, -0.25) is 19.5 Å². The number of urea groups is 1. The predicted molar refractivity (Wildman–Crippen MR) is 160 cm³/mol. The number of rotatable bonds is 8. The van der Waals surface area contributed by atoms with Crippen LogP contribution in [0.15, 0.2) is 54.6 Å². The number of ether oxygens (including phenoxy) is 3. The van der Waals surface area contributed by atoms with Crippen LogP contribution in [0.2, 0.25) is 0 Å². The van der Waals surface area contributed by atoms with E-state index in [0.717, 1.165) is 40.7 Å². The Kier molecular flexibility index (Phi) is 7.15. The third-order valence-electron chi connectivity index (χ3n) is 9.81. The first kappa shape index (κ1) is 27.9. The molecule has 10 nitrogen and oxygen atoms in total. The molecule has 4 saturated heterocycles. The minimum absolute atomic E-state index is 0.0185. The summed E-state index contributed by atoms with van der Waals surface area (Å²) >= 11 is 0. The molecule has 4 aliphatic rings. The second kappa shape index (κ2) is 11.0. The van der Waals surface area contributed by atoms with Crippen LogP contribution in [0.4, 0.5) is 4.79 Å². The van der Waals surface area contributed by atoms with E-state index in [-0.39, 0.29) is 29.6 Å². The number of methoxy groups -OCH3 is 2. The van der Waals surface area contributed by atoms with E-state index in [1.165, 1.54) is 12.0 Å². The van der Waals surface area contributed by atoms with Gasteiger partial charge in [-0.25, -0.2) is 4.79 Å². The van der Waals surface area contributed by atoms with Gasteiger partial charge in [0.1, 0.15) is 11.3 Å². The molecule has 43 heavy (non-hydrogen) atoms. The maximum atomic E-state index is 14.5. The van der Waals surface area contributed by atoms with Gasteiger partial charge >= 0.3 is 6.03 Å². The number of hydrogen-bond donors (Lipinski definition) is 1. The van der Waals surface area contributed by atoms with Gasteiger partial charge in [-0.15, -0.1) is 0 Å². The largest absolute Gasteiger partial charge is 0.504 e. The maximum Gasteiger partial charge on any atom is 0.328 e. The Morgan fingerprint density at radius 1 is 0.930 bits per heavy atom. The molecule has 3 aromatic carbocycles. The smallest absolute Gasteiger partial charge is 0.328 e. The first-order valence-corrected chi connectivity index (χ1v) is 15.0. The van der Waals surface area contributed by atoms with E-state index in [2.05, 4.69) is 21.9 Å². The van der Waals surface area contributed by atoms with Gasteiger partial charge in [0, 0.05) is 57.1 Å². The summed E-state index contributed by atoms with van der Waals surface area (Å²) in [7, 11) is 3.20. The lowest BCUT2D eigenvalue weighted by atomic mass is 9.87. The highest BCUT2D eigenvalue weighted by Crippen LogP contribution is 2.56. The van der Waals surface area contributed by atoms with Crippen molar-refractivity contribution in [3.8, 4) is 17.2 Å². The number of fused-ring (bicyclic) bond motifs is 1. The maximum absolute atomic E-state index is 14.5. The fraction of sp³-hybridized carbons (Fsp3) is 0.455. The first-order valence-electron chi connectivity index (χ1n) is 15.0. The summed E-state index contributed by atoms with van der Waals surface area (Å²) in [4.78, 5) is 36.7. The number of phenols is 1. The number of likely N-dealkylation sites (tertiary alicyclic amines) is 1. The van der Waals surface area contributed by atoms with Crippen molar-refractivity contribution >= 4 is 22.7 Å². The summed E-state index contributed by atoms with van der Waals surface area (Å²) in [6.07, 6.45) is 0.704. The zero-order chi connectivity index (χ0) is 29.7. The number of carbonyl (C=O) groups excluding carboxylic acids is 2. The molecule has 10 heteroatoms. The average molecular weight is 587 g/mol. The molecule has 0 saturated carbocycles. The summed E-state index contributed by atoms with van der Waals surface area (Å²) in [5.41, 5.74) is 1.05. The van der Waals surface area contributed by atoms with Crippen molar-refractivity contribution in [3.05, 3.63) is 65.7 Å². The number of imide groups is 1. The van der Waals surface area contributed by atoms with Gasteiger partial charge in [0.15, 0.2) is 11.5 Å². The third kappa shape index (κ3) is 4.51. The highest BCUT2D eigenvalue weighted by atomic mass is 16.5. The Morgan fingerprint density at radius 3 is 2.42 bits per heavy atom. The fourth-order valence-electron chi connectivity index (χ4n) is 7.80. The van der Waals surface area contributed by atoms with Crippen LogP contribution in [-0.4, -0.2) is 109 Å². The molecule has 3 unspecified atom stereocenters. The number of benzene rings is 3. The van der Waals surface area contributed by atoms with E-state index in [1.807, 2.05) is 35.2 Å². The van der Waals surface area contributed by atoms with Crippen molar-refractivity contribution in [2.24, 2.45) is 5.92 Å². The number of phenolic OH excluding ortho intramolecular Hbond substituents is 1. The van der Waals surface area contributed by atoms with Crippen LogP contribution in [0.1, 0.15) is 23.6 Å². The SMILES string of the molecule is COc1ccc(CN2CC3CC(c4ccc(OC)c5ccccc45)N4C(=O)N(CCN5CCOCC5)C(=O)C34C2)cc1O. The lowest BCUT2D eigenvalue weighted by molar-refractivity contribution is -0.133. The second-order valence-electron chi connectivity index (χ2n) is 12.0. The lowest BCUT2D eigenvalue weighted by Gasteiger charge is -2.32. The summed E-state index contributed by atoms with van der Waals surface area (Å²) in [6, 6.07) is 17.1. The normalized spacial score (nSPS) is 25.9. The molecule has 3 atom stereocenters. The molecule has 0 aromatic heterocycles. The van der Waals surface area contributed by atoms with Crippen molar-refractivity contribution in [2.45, 2.75) is 24.5 Å². The van der Waals surface area contributed by atoms with E-state index in [4.69, 9.17) is 14.2 Å². The molecule has 3 aromatic rings. The molecule has 0 bridgehead atoms. The van der Waals surface area contributed by atoms with Crippen LogP contribution in [0.3, 0.4) is 0 Å². The third-order valence-corrected chi connectivity index (χ3v) is 9.81. The van der Waals surface area contributed by atoms with Crippen LogP contribution < -0.4 is 9.47 Å². The van der Waals surface area contributed by atoms with Gasteiger partial charge in [-0.1, -0.05) is 36.4 Å². The molecule has 1 spiro atoms. The van der Waals surface area contributed by atoms with Crippen LogP contribution in [0.25, 0.3) is 10.8 Å². The fourth-order valence-corrected chi connectivity index (χ4v) is 7.80. The lowest BCUT2D eigenvalue weighted by Crippen LogP contribution is -2.51. The van der Waals surface area contributed by atoms with Gasteiger partial charge in [0.2, 0.25) is 0 Å². The van der Waals surface area contributed by atoms with Crippen molar-refractivity contribution in [3.63, 3.8) is 0 Å². The van der Waals surface area contributed by atoms with E-state index in [0.29, 0.717) is 58.1 Å². The van der Waals surface area contributed by atoms with Gasteiger partial charge in [0.05, 0.1) is 33.5 Å². The van der Waals surface area contributed by atoms with Crippen LogP contribution >= 0.6 is 0 Å². The Balaban J connectivity index is 1.23.